The minimum absolute atomic E-state index is 0.0417. The molecule has 0 aliphatic rings. The second-order valence-electron chi connectivity index (χ2n) is 3.19. The van der Waals surface area contributed by atoms with Gasteiger partial charge in [-0.15, -0.1) is 0 Å². The van der Waals surface area contributed by atoms with Crippen LogP contribution in [0.4, 0.5) is 0 Å². The highest BCUT2D eigenvalue weighted by Crippen LogP contribution is 2.40. The molecule has 88 valence electrons. The van der Waals surface area contributed by atoms with Crippen LogP contribution < -0.4 is 4.74 Å². The second kappa shape index (κ2) is 4.59. The monoisotopic (exact) mass is 246 g/mol. The minimum atomic E-state index is -1.79. The number of ether oxygens (including phenoxy) is 1. The Kier molecular flexibility index (Phi) is 3.62. The second-order valence-corrected chi connectivity index (χ2v) is 3.60. The maximum Gasteiger partial charge on any atom is 0.337 e. The van der Waals surface area contributed by atoms with Crippen LogP contribution in [0.15, 0.2) is 6.07 Å². The van der Waals surface area contributed by atoms with Gasteiger partial charge in [-0.2, -0.15) is 0 Å². The number of carbonyl (C=O) groups is 1. The summed E-state index contributed by atoms with van der Waals surface area (Å²) in [6.45, 7) is 1.53. The molecule has 0 amide bonds. The summed E-state index contributed by atoms with van der Waals surface area (Å²) in [6, 6.07) is 1.23. The van der Waals surface area contributed by atoms with Crippen LogP contribution in [-0.4, -0.2) is 28.4 Å². The van der Waals surface area contributed by atoms with Crippen LogP contribution in [-0.2, 0) is 4.79 Å². The lowest BCUT2D eigenvalue weighted by Crippen LogP contribution is -2.13. The maximum absolute atomic E-state index is 10.7. The number of carboxylic acids is 1. The first-order valence-corrected chi connectivity index (χ1v) is 4.74. The number of phenolic OH excluding ortho intramolecular Hbond substituents is 1. The fourth-order valence-electron chi connectivity index (χ4n) is 1.40. The zero-order valence-corrected chi connectivity index (χ0v) is 9.45. The molecule has 0 bridgehead atoms. The predicted molar refractivity (Wildman–Crippen MR) is 57.0 cm³/mol. The van der Waals surface area contributed by atoms with Gasteiger partial charge >= 0.3 is 5.97 Å². The van der Waals surface area contributed by atoms with Gasteiger partial charge in [0.2, 0.25) is 0 Å². The van der Waals surface area contributed by atoms with E-state index in [9.17, 15) is 15.0 Å². The normalized spacial score (nSPS) is 12.2. The van der Waals surface area contributed by atoms with E-state index in [4.69, 9.17) is 21.4 Å². The Labute approximate surface area is 96.9 Å². The molecule has 0 saturated carbocycles. The van der Waals surface area contributed by atoms with Gasteiger partial charge in [-0.05, 0) is 12.5 Å². The van der Waals surface area contributed by atoms with Crippen LogP contribution in [0.1, 0.15) is 17.2 Å². The van der Waals surface area contributed by atoms with Crippen molar-refractivity contribution >= 4 is 17.6 Å². The molecule has 0 aliphatic heterocycles. The SMILES string of the molecule is COc1c(O)cc(Cl)c(C)c1C(O)C(=O)O. The summed E-state index contributed by atoms with van der Waals surface area (Å²) < 4.78 is 4.85. The van der Waals surface area contributed by atoms with Crippen LogP contribution in [0.2, 0.25) is 5.02 Å². The number of methoxy groups -OCH3 is 1. The Hall–Kier alpha value is -1.46. The van der Waals surface area contributed by atoms with E-state index in [2.05, 4.69) is 0 Å². The van der Waals surface area contributed by atoms with Crippen LogP contribution in [0, 0.1) is 6.92 Å². The molecule has 1 aromatic carbocycles. The van der Waals surface area contributed by atoms with Gasteiger partial charge in [0.05, 0.1) is 7.11 Å². The molecule has 0 spiro atoms. The van der Waals surface area contributed by atoms with Gasteiger partial charge in [0.1, 0.15) is 0 Å². The lowest BCUT2D eigenvalue weighted by Gasteiger charge is -2.16. The summed E-state index contributed by atoms with van der Waals surface area (Å²) in [6.07, 6.45) is -1.79. The lowest BCUT2D eigenvalue weighted by molar-refractivity contribution is -0.147. The molecule has 0 aromatic heterocycles. The molecule has 1 rings (SSSR count). The molecule has 16 heavy (non-hydrogen) atoms. The van der Waals surface area contributed by atoms with Gasteiger partial charge in [-0.25, -0.2) is 4.79 Å². The van der Waals surface area contributed by atoms with Gasteiger partial charge in [0.15, 0.2) is 17.6 Å². The van der Waals surface area contributed by atoms with E-state index in [-0.39, 0.29) is 22.1 Å². The number of hydrogen-bond acceptors (Lipinski definition) is 4. The van der Waals surface area contributed by atoms with Gasteiger partial charge < -0.3 is 20.1 Å². The molecule has 0 fully saturated rings. The fraction of sp³-hybridized carbons (Fsp3) is 0.300. The number of carboxylic acid groups (broad SMARTS) is 1. The fourth-order valence-corrected chi connectivity index (χ4v) is 1.60. The van der Waals surface area contributed by atoms with Crippen molar-refractivity contribution in [1.82, 2.24) is 0 Å². The molecule has 1 atom stereocenters. The van der Waals surface area contributed by atoms with Crippen molar-refractivity contribution in [2.45, 2.75) is 13.0 Å². The van der Waals surface area contributed by atoms with Crippen molar-refractivity contribution in [1.29, 1.82) is 0 Å². The van der Waals surface area contributed by atoms with Crippen LogP contribution in [0.3, 0.4) is 0 Å². The molecule has 1 unspecified atom stereocenters. The van der Waals surface area contributed by atoms with Crippen molar-refractivity contribution < 1.29 is 24.9 Å². The Balaban J connectivity index is 3.50. The Morgan fingerprint density at radius 1 is 1.56 bits per heavy atom. The summed E-state index contributed by atoms with van der Waals surface area (Å²) in [5.41, 5.74) is 0.311. The van der Waals surface area contributed by atoms with Gasteiger partial charge in [0.25, 0.3) is 0 Å². The number of aliphatic hydroxyl groups excluding tert-OH is 1. The minimum Gasteiger partial charge on any atom is -0.504 e. The average Bonchev–Trinajstić information content (AvgIpc) is 2.21. The summed E-state index contributed by atoms with van der Waals surface area (Å²) in [5, 5.41) is 27.9. The summed E-state index contributed by atoms with van der Waals surface area (Å²) >= 11 is 5.78. The third-order valence-corrected chi connectivity index (χ3v) is 2.61. The largest absolute Gasteiger partial charge is 0.504 e. The number of aromatic hydroxyl groups is 1. The van der Waals surface area contributed by atoms with E-state index < -0.39 is 12.1 Å². The highest BCUT2D eigenvalue weighted by atomic mass is 35.5. The van der Waals surface area contributed by atoms with E-state index in [1.807, 2.05) is 0 Å². The quantitative estimate of drug-likeness (QED) is 0.752. The summed E-state index contributed by atoms with van der Waals surface area (Å²) in [7, 11) is 1.26. The molecule has 1 aromatic rings. The van der Waals surface area contributed by atoms with Crippen LogP contribution in [0.5, 0.6) is 11.5 Å². The number of benzene rings is 1. The Bertz CT molecular complexity index is 430. The molecular formula is C10H11ClO5. The topological polar surface area (TPSA) is 87.0 Å². The van der Waals surface area contributed by atoms with Gasteiger partial charge in [-0.3, -0.25) is 0 Å². The standard InChI is InChI=1S/C10H11ClO5/c1-4-5(11)3-6(12)9(16-2)7(4)8(13)10(14)15/h3,8,12-13H,1-2H3,(H,14,15). The zero-order chi connectivity index (χ0) is 12.5. The highest BCUT2D eigenvalue weighted by molar-refractivity contribution is 6.31. The Morgan fingerprint density at radius 2 is 2.12 bits per heavy atom. The molecule has 0 saturated heterocycles. The van der Waals surface area contributed by atoms with Crippen LogP contribution in [0.25, 0.3) is 0 Å². The third kappa shape index (κ3) is 2.05. The summed E-state index contributed by atoms with van der Waals surface area (Å²) in [4.78, 5) is 10.7. The molecule has 0 radical (unpaired) electrons. The number of aliphatic carboxylic acids is 1. The molecular weight excluding hydrogens is 236 g/mol. The predicted octanol–water partition coefficient (Wildman–Crippen LogP) is 1.48. The lowest BCUT2D eigenvalue weighted by atomic mass is 10.0. The first kappa shape index (κ1) is 12.6. The van der Waals surface area contributed by atoms with Crippen molar-refractivity contribution in [2.24, 2.45) is 0 Å². The van der Waals surface area contributed by atoms with E-state index in [1.165, 1.54) is 20.1 Å². The first-order chi connectivity index (χ1) is 7.40. The molecule has 5 nitrogen and oxygen atoms in total. The summed E-state index contributed by atoms with van der Waals surface area (Å²) in [5.74, 6) is -1.84. The molecule has 0 aliphatic carbocycles. The van der Waals surface area contributed by atoms with Gasteiger partial charge in [-0.1, -0.05) is 11.6 Å². The third-order valence-electron chi connectivity index (χ3n) is 2.21. The van der Waals surface area contributed by atoms with Crippen LogP contribution >= 0.6 is 11.6 Å². The number of aliphatic hydroxyl groups is 1. The number of hydrogen-bond donors (Lipinski definition) is 3. The van der Waals surface area contributed by atoms with Crippen molar-refractivity contribution in [2.75, 3.05) is 7.11 Å². The smallest absolute Gasteiger partial charge is 0.337 e. The Morgan fingerprint density at radius 3 is 2.56 bits per heavy atom. The number of rotatable bonds is 3. The van der Waals surface area contributed by atoms with E-state index in [0.717, 1.165) is 0 Å². The molecule has 0 heterocycles. The highest BCUT2D eigenvalue weighted by Gasteiger charge is 2.26. The van der Waals surface area contributed by atoms with Gasteiger partial charge in [0, 0.05) is 16.7 Å². The zero-order valence-electron chi connectivity index (χ0n) is 8.69. The molecule has 6 heteroatoms. The van der Waals surface area contributed by atoms with Crippen molar-refractivity contribution in [3.63, 3.8) is 0 Å². The number of halogens is 1. The van der Waals surface area contributed by atoms with Crippen molar-refractivity contribution in [3.05, 3.63) is 22.2 Å². The number of phenols is 1. The van der Waals surface area contributed by atoms with E-state index in [0.29, 0.717) is 5.56 Å². The molecule has 3 N–H and O–H groups in total. The first-order valence-electron chi connectivity index (χ1n) is 4.37. The van der Waals surface area contributed by atoms with E-state index in [1.54, 1.807) is 0 Å². The van der Waals surface area contributed by atoms with Crippen molar-refractivity contribution in [3.8, 4) is 11.5 Å². The van der Waals surface area contributed by atoms with E-state index >= 15 is 0 Å². The maximum atomic E-state index is 10.7. The average molecular weight is 247 g/mol.